The SMILES string of the molecule is O=C(NCCCOc1ccc(Br)cc1Cl)N1CCNCC1. The van der Waals surface area contributed by atoms with Gasteiger partial charge in [-0.15, -0.1) is 0 Å². The summed E-state index contributed by atoms with van der Waals surface area (Å²) in [6.45, 7) is 4.35. The van der Waals surface area contributed by atoms with Crippen molar-refractivity contribution in [2.45, 2.75) is 6.42 Å². The van der Waals surface area contributed by atoms with Crippen molar-refractivity contribution < 1.29 is 9.53 Å². The van der Waals surface area contributed by atoms with Crippen molar-refractivity contribution >= 4 is 33.6 Å². The average molecular weight is 377 g/mol. The van der Waals surface area contributed by atoms with Crippen LogP contribution in [0.3, 0.4) is 0 Å². The highest BCUT2D eigenvalue weighted by Gasteiger charge is 2.14. The summed E-state index contributed by atoms with van der Waals surface area (Å²) in [6.07, 6.45) is 0.740. The van der Waals surface area contributed by atoms with Crippen molar-refractivity contribution in [1.29, 1.82) is 0 Å². The Morgan fingerprint density at radius 1 is 1.43 bits per heavy atom. The normalized spacial score (nSPS) is 14.9. The van der Waals surface area contributed by atoms with Crippen LogP contribution in [0.1, 0.15) is 6.42 Å². The molecule has 0 unspecified atom stereocenters. The summed E-state index contributed by atoms with van der Waals surface area (Å²) in [5.74, 6) is 0.660. The number of rotatable bonds is 5. The number of hydrogen-bond acceptors (Lipinski definition) is 3. The predicted molar refractivity (Wildman–Crippen MR) is 87.1 cm³/mol. The monoisotopic (exact) mass is 375 g/mol. The first kappa shape index (κ1) is 16.4. The second kappa shape index (κ2) is 8.46. The highest BCUT2D eigenvalue weighted by molar-refractivity contribution is 9.10. The number of ether oxygens (including phenoxy) is 1. The lowest BCUT2D eigenvalue weighted by Gasteiger charge is -2.27. The fourth-order valence-corrected chi connectivity index (χ4v) is 2.75. The smallest absolute Gasteiger partial charge is 0.317 e. The molecule has 0 aliphatic carbocycles. The number of benzene rings is 1. The van der Waals surface area contributed by atoms with Crippen LogP contribution >= 0.6 is 27.5 Å². The number of halogens is 2. The Hall–Kier alpha value is -0.980. The standard InChI is InChI=1S/C14H19BrClN3O2/c15-11-2-3-13(12(16)10-11)21-9-1-4-18-14(20)19-7-5-17-6-8-19/h2-3,10,17H,1,4-9H2,(H,18,20). The molecule has 21 heavy (non-hydrogen) atoms. The van der Waals surface area contributed by atoms with E-state index in [2.05, 4.69) is 26.6 Å². The number of urea groups is 1. The van der Waals surface area contributed by atoms with Crippen LogP contribution in [0.5, 0.6) is 5.75 Å². The van der Waals surface area contributed by atoms with Gasteiger partial charge >= 0.3 is 6.03 Å². The van der Waals surface area contributed by atoms with Crippen LogP contribution in [0, 0.1) is 0 Å². The maximum Gasteiger partial charge on any atom is 0.317 e. The lowest BCUT2D eigenvalue weighted by Crippen LogP contribution is -2.50. The van der Waals surface area contributed by atoms with Crippen molar-refractivity contribution in [1.82, 2.24) is 15.5 Å². The van der Waals surface area contributed by atoms with Gasteiger partial charge in [-0.3, -0.25) is 0 Å². The van der Waals surface area contributed by atoms with Crippen LogP contribution in [0.2, 0.25) is 5.02 Å². The summed E-state index contributed by atoms with van der Waals surface area (Å²) in [5.41, 5.74) is 0. The summed E-state index contributed by atoms with van der Waals surface area (Å²) in [7, 11) is 0. The third-order valence-electron chi connectivity index (χ3n) is 3.15. The Balaban J connectivity index is 1.62. The molecule has 7 heteroatoms. The van der Waals surface area contributed by atoms with Crippen molar-refractivity contribution in [2.24, 2.45) is 0 Å². The highest BCUT2D eigenvalue weighted by Crippen LogP contribution is 2.27. The lowest BCUT2D eigenvalue weighted by atomic mass is 10.3. The molecule has 1 aromatic rings. The first-order valence-corrected chi connectivity index (χ1v) is 8.15. The van der Waals surface area contributed by atoms with E-state index in [1.54, 1.807) is 6.07 Å². The number of hydrogen-bond donors (Lipinski definition) is 2. The van der Waals surface area contributed by atoms with Gasteiger partial charge in [-0.05, 0) is 24.6 Å². The molecule has 116 valence electrons. The molecule has 1 heterocycles. The zero-order chi connectivity index (χ0) is 15.1. The van der Waals surface area contributed by atoms with Gasteiger partial charge in [-0.2, -0.15) is 0 Å². The zero-order valence-electron chi connectivity index (χ0n) is 11.7. The van der Waals surface area contributed by atoms with Gasteiger partial charge in [0.25, 0.3) is 0 Å². The number of carbonyl (C=O) groups is 1. The number of carbonyl (C=O) groups excluding carboxylic acids is 1. The molecule has 0 aromatic heterocycles. The van der Waals surface area contributed by atoms with E-state index in [-0.39, 0.29) is 6.03 Å². The average Bonchev–Trinajstić information content (AvgIpc) is 2.49. The van der Waals surface area contributed by atoms with Gasteiger partial charge in [0.2, 0.25) is 0 Å². The first-order valence-electron chi connectivity index (χ1n) is 6.98. The molecule has 2 N–H and O–H groups in total. The molecule has 1 saturated heterocycles. The molecular weight excluding hydrogens is 358 g/mol. The molecule has 2 rings (SSSR count). The van der Waals surface area contributed by atoms with E-state index in [0.717, 1.165) is 37.1 Å². The van der Waals surface area contributed by atoms with E-state index < -0.39 is 0 Å². The Bertz CT molecular complexity index is 481. The van der Waals surface area contributed by atoms with E-state index in [9.17, 15) is 4.79 Å². The lowest BCUT2D eigenvalue weighted by molar-refractivity contribution is 0.189. The highest BCUT2D eigenvalue weighted by atomic mass is 79.9. The fraction of sp³-hybridized carbons (Fsp3) is 0.500. The predicted octanol–water partition coefficient (Wildman–Crippen LogP) is 2.49. The minimum absolute atomic E-state index is 0.00169. The third-order valence-corrected chi connectivity index (χ3v) is 3.94. The van der Waals surface area contributed by atoms with Gasteiger partial charge in [0.15, 0.2) is 0 Å². The van der Waals surface area contributed by atoms with Crippen LogP contribution in [-0.4, -0.2) is 50.3 Å². The summed E-state index contributed by atoms with van der Waals surface area (Å²) in [5, 5.41) is 6.69. The molecule has 2 amide bonds. The molecular formula is C14H19BrClN3O2. The second-order valence-electron chi connectivity index (χ2n) is 4.75. The number of amides is 2. The Kier molecular flexibility index (Phi) is 6.60. The molecule has 1 aromatic carbocycles. The van der Waals surface area contributed by atoms with Crippen LogP contribution in [-0.2, 0) is 0 Å². The summed E-state index contributed by atoms with van der Waals surface area (Å²) in [4.78, 5) is 13.7. The molecule has 0 atom stereocenters. The summed E-state index contributed by atoms with van der Waals surface area (Å²) in [6, 6.07) is 5.50. The number of piperazine rings is 1. The topological polar surface area (TPSA) is 53.6 Å². The van der Waals surface area contributed by atoms with Gasteiger partial charge in [-0.25, -0.2) is 4.79 Å². The van der Waals surface area contributed by atoms with Crippen molar-refractivity contribution in [3.63, 3.8) is 0 Å². The molecule has 0 saturated carbocycles. The quantitative estimate of drug-likeness (QED) is 0.776. The van der Waals surface area contributed by atoms with Gasteiger partial charge in [0.1, 0.15) is 5.75 Å². The summed E-state index contributed by atoms with van der Waals surface area (Å²) < 4.78 is 6.51. The van der Waals surface area contributed by atoms with Crippen LogP contribution in [0.4, 0.5) is 4.79 Å². The van der Waals surface area contributed by atoms with Crippen LogP contribution < -0.4 is 15.4 Å². The van der Waals surface area contributed by atoms with Gasteiger partial charge < -0.3 is 20.3 Å². The van der Waals surface area contributed by atoms with E-state index in [1.807, 2.05) is 17.0 Å². The fourth-order valence-electron chi connectivity index (χ4n) is 2.02. The maximum atomic E-state index is 11.8. The van der Waals surface area contributed by atoms with Gasteiger partial charge in [-0.1, -0.05) is 27.5 Å². The van der Waals surface area contributed by atoms with E-state index in [1.165, 1.54) is 0 Å². The largest absolute Gasteiger partial charge is 0.492 e. The molecule has 5 nitrogen and oxygen atoms in total. The Morgan fingerprint density at radius 2 is 2.19 bits per heavy atom. The van der Waals surface area contributed by atoms with Crippen LogP contribution in [0.15, 0.2) is 22.7 Å². The van der Waals surface area contributed by atoms with E-state index >= 15 is 0 Å². The van der Waals surface area contributed by atoms with E-state index in [4.69, 9.17) is 16.3 Å². The molecule has 0 bridgehead atoms. The summed E-state index contributed by atoms with van der Waals surface area (Å²) >= 11 is 9.40. The van der Waals surface area contributed by atoms with Crippen molar-refractivity contribution in [2.75, 3.05) is 39.3 Å². The third kappa shape index (κ3) is 5.37. The Labute approximate surface area is 138 Å². The van der Waals surface area contributed by atoms with Gasteiger partial charge in [0, 0.05) is 37.2 Å². The van der Waals surface area contributed by atoms with E-state index in [0.29, 0.717) is 23.9 Å². The van der Waals surface area contributed by atoms with Crippen LogP contribution in [0.25, 0.3) is 0 Å². The zero-order valence-corrected chi connectivity index (χ0v) is 14.0. The molecule has 1 aliphatic heterocycles. The van der Waals surface area contributed by atoms with Crippen molar-refractivity contribution in [3.8, 4) is 5.75 Å². The molecule has 0 radical (unpaired) electrons. The second-order valence-corrected chi connectivity index (χ2v) is 6.07. The maximum absolute atomic E-state index is 11.8. The van der Waals surface area contributed by atoms with Gasteiger partial charge in [0.05, 0.1) is 11.6 Å². The number of nitrogens with zero attached hydrogens (tertiary/aromatic N) is 1. The minimum atomic E-state index is -0.00169. The molecule has 0 spiro atoms. The first-order chi connectivity index (χ1) is 10.2. The molecule has 1 fully saturated rings. The minimum Gasteiger partial charge on any atom is -0.492 e. The molecule has 1 aliphatic rings. The Morgan fingerprint density at radius 3 is 2.90 bits per heavy atom. The van der Waals surface area contributed by atoms with Crippen molar-refractivity contribution in [3.05, 3.63) is 27.7 Å². The number of nitrogens with one attached hydrogen (secondary N) is 2.